The van der Waals surface area contributed by atoms with Gasteiger partial charge in [0, 0.05) is 18.5 Å². The fourth-order valence-electron chi connectivity index (χ4n) is 2.77. The summed E-state index contributed by atoms with van der Waals surface area (Å²) in [6, 6.07) is 11.9. The molecule has 0 aliphatic carbocycles. The van der Waals surface area contributed by atoms with Gasteiger partial charge in [-0.25, -0.2) is 9.48 Å². The van der Waals surface area contributed by atoms with Crippen LogP contribution in [-0.2, 0) is 16.1 Å². The van der Waals surface area contributed by atoms with E-state index in [0.717, 1.165) is 17.3 Å². The Morgan fingerprint density at radius 1 is 1.24 bits per heavy atom. The van der Waals surface area contributed by atoms with Gasteiger partial charge in [-0.2, -0.15) is 5.10 Å². The molecule has 2 heterocycles. The average molecular weight is 393 g/mol. The van der Waals surface area contributed by atoms with E-state index in [1.165, 1.54) is 18.2 Å². The molecule has 2 aromatic carbocycles. The highest BCUT2D eigenvalue weighted by Gasteiger charge is 2.22. The van der Waals surface area contributed by atoms with Gasteiger partial charge in [-0.3, -0.25) is 10.1 Å². The van der Waals surface area contributed by atoms with Crippen LogP contribution < -0.4 is 9.47 Å². The predicted octanol–water partition coefficient (Wildman–Crippen LogP) is 3.27. The number of aromatic nitrogens is 2. The van der Waals surface area contributed by atoms with Crippen LogP contribution in [0.1, 0.15) is 11.1 Å². The van der Waals surface area contributed by atoms with E-state index in [-0.39, 0.29) is 24.7 Å². The van der Waals surface area contributed by atoms with Crippen molar-refractivity contribution < 1.29 is 23.9 Å². The maximum Gasteiger partial charge on any atom is 0.331 e. The van der Waals surface area contributed by atoms with Crippen molar-refractivity contribution in [1.29, 1.82) is 0 Å². The molecule has 29 heavy (non-hydrogen) atoms. The van der Waals surface area contributed by atoms with E-state index in [1.807, 2.05) is 36.5 Å². The van der Waals surface area contributed by atoms with Gasteiger partial charge in [-0.05, 0) is 35.9 Å². The summed E-state index contributed by atoms with van der Waals surface area (Å²) >= 11 is 0. The maximum atomic E-state index is 12.0. The Balaban J connectivity index is 1.40. The molecule has 3 aromatic rings. The van der Waals surface area contributed by atoms with Gasteiger partial charge in [0.2, 0.25) is 6.79 Å². The van der Waals surface area contributed by atoms with Gasteiger partial charge in [0.15, 0.2) is 11.5 Å². The first-order valence-electron chi connectivity index (χ1n) is 8.62. The van der Waals surface area contributed by atoms with E-state index in [0.29, 0.717) is 11.5 Å². The van der Waals surface area contributed by atoms with Crippen molar-refractivity contribution in [3.8, 4) is 17.2 Å². The zero-order valence-electron chi connectivity index (χ0n) is 15.1. The fourth-order valence-corrected chi connectivity index (χ4v) is 2.77. The highest BCUT2D eigenvalue weighted by atomic mass is 16.7. The van der Waals surface area contributed by atoms with Crippen molar-refractivity contribution in [2.24, 2.45) is 0 Å². The fraction of sp³-hybridized carbons (Fsp3) is 0.100. The summed E-state index contributed by atoms with van der Waals surface area (Å²) in [7, 11) is 0. The van der Waals surface area contributed by atoms with Crippen molar-refractivity contribution in [2.75, 3.05) is 6.79 Å². The number of esters is 1. The third-order valence-corrected chi connectivity index (χ3v) is 4.20. The second-order valence-corrected chi connectivity index (χ2v) is 6.08. The number of fused-ring (bicyclic) bond motifs is 1. The molecule has 0 N–H and O–H groups in total. The van der Waals surface area contributed by atoms with Crippen LogP contribution in [0.3, 0.4) is 0 Å². The Hall–Kier alpha value is -4.14. The van der Waals surface area contributed by atoms with Gasteiger partial charge >= 0.3 is 5.97 Å². The molecule has 0 spiro atoms. The van der Waals surface area contributed by atoms with Gasteiger partial charge < -0.3 is 14.2 Å². The van der Waals surface area contributed by atoms with Crippen LogP contribution in [0.4, 0.5) is 5.69 Å². The second kappa shape index (κ2) is 7.85. The van der Waals surface area contributed by atoms with E-state index in [9.17, 15) is 14.9 Å². The van der Waals surface area contributed by atoms with Gasteiger partial charge in [-0.1, -0.05) is 12.1 Å². The van der Waals surface area contributed by atoms with Gasteiger partial charge in [0.1, 0.15) is 6.61 Å². The minimum atomic E-state index is -0.617. The number of rotatable bonds is 6. The highest BCUT2D eigenvalue weighted by Crippen LogP contribution is 2.38. The summed E-state index contributed by atoms with van der Waals surface area (Å²) in [5.74, 6) is 0.0731. The van der Waals surface area contributed by atoms with Crippen LogP contribution in [0, 0.1) is 10.1 Å². The first kappa shape index (κ1) is 18.2. The first-order chi connectivity index (χ1) is 14.1. The zero-order valence-corrected chi connectivity index (χ0v) is 15.1. The van der Waals surface area contributed by atoms with E-state index in [2.05, 4.69) is 5.10 Å². The molecule has 146 valence electrons. The molecule has 0 bridgehead atoms. The number of hydrogen-bond acceptors (Lipinski definition) is 7. The molecular weight excluding hydrogens is 378 g/mol. The zero-order chi connectivity index (χ0) is 20.2. The summed E-state index contributed by atoms with van der Waals surface area (Å²) in [5.41, 5.74) is 1.73. The standard InChI is InChI=1S/C20H15N3O6/c24-20(27-12-14-2-5-16(6-3-14)22-9-1-8-21-22)7-4-15-10-18-19(29-13-28-18)11-17(15)23(25)26/h1-11H,12-13H2/b7-4+. The van der Waals surface area contributed by atoms with Crippen LogP contribution in [0.15, 0.2) is 60.9 Å². The summed E-state index contributed by atoms with van der Waals surface area (Å²) in [6.07, 6.45) is 5.98. The molecule has 0 saturated heterocycles. The summed E-state index contributed by atoms with van der Waals surface area (Å²) in [5, 5.41) is 15.4. The molecule has 4 rings (SSSR count). The lowest BCUT2D eigenvalue weighted by molar-refractivity contribution is -0.385. The molecular formula is C20H15N3O6. The number of ether oxygens (including phenoxy) is 3. The van der Waals surface area contributed by atoms with E-state index in [1.54, 1.807) is 10.9 Å². The molecule has 1 aliphatic heterocycles. The number of nitro groups is 1. The number of nitro benzene ring substituents is 1. The molecule has 1 aromatic heterocycles. The van der Waals surface area contributed by atoms with Crippen LogP contribution in [0.2, 0.25) is 0 Å². The van der Waals surface area contributed by atoms with Crippen molar-refractivity contribution in [3.05, 3.63) is 82.2 Å². The number of nitrogens with zero attached hydrogens (tertiary/aromatic N) is 3. The van der Waals surface area contributed by atoms with E-state index >= 15 is 0 Å². The third kappa shape index (κ3) is 4.08. The van der Waals surface area contributed by atoms with Crippen molar-refractivity contribution in [1.82, 2.24) is 9.78 Å². The third-order valence-electron chi connectivity index (χ3n) is 4.20. The van der Waals surface area contributed by atoms with Crippen LogP contribution in [0.25, 0.3) is 11.8 Å². The lowest BCUT2D eigenvalue weighted by Gasteiger charge is -2.05. The topological polar surface area (TPSA) is 106 Å². The highest BCUT2D eigenvalue weighted by molar-refractivity contribution is 5.88. The minimum absolute atomic E-state index is 0.000877. The van der Waals surface area contributed by atoms with Crippen molar-refractivity contribution in [2.45, 2.75) is 6.61 Å². The average Bonchev–Trinajstić information content (AvgIpc) is 3.41. The van der Waals surface area contributed by atoms with Gasteiger partial charge in [-0.15, -0.1) is 0 Å². The Morgan fingerprint density at radius 2 is 2.00 bits per heavy atom. The number of carbonyl (C=O) groups is 1. The Kier molecular flexibility index (Phi) is 4.93. The van der Waals surface area contributed by atoms with Crippen LogP contribution in [-0.4, -0.2) is 27.5 Å². The molecule has 0 unspecified atom stereocenters. The maximum absolute atomic E-state index is 12.0. The minimum Gasteiger partial charge on any atom is -0.458 e. The Morgan fingerprint density at radius 3 is 2.69 bits per heavy atom. The monoisotopic (exact) mass is 393 g/mol. The summed E-state index contributed by atoms with van der Waals surface area (Å²) in [6.45, 7) is 0.0761. The van der Waals surface area contributed by atoms with E-state index in [4.69, 9.17) is 14.2 Å². The molecule has 9 nitrogen and oxygen atoms in total. The summed E-state index contributed by atoms with van der Waals surface area (Å²) in [4.78, 5) is 22.7. The summed E-state index contributed by atoms with van der Waals surface area (Å²) < 4.78 is 17.3. The number of benzene rings is 2. The quantitative estimate of drug-likeness (QED) is 0.274. The molecule has 9 heteroatoms. The molecule has 0 radical (unpaired) electrons. The smallest absolute Gasteiger partial charge is 0.331 e. The van der Waals surface area contributed by atoms with Crippen molar-refractivity contribution in [3.63, 3.8) is 0 Å². The van der Waals surface area contributed by atoms with Crippen LogP contribution >= 0.6 is 0 Å². The molecule has 1 aliphatic rings. The molecule has 0 atom stereocenters. The predicted molar refractivity (Wildman–Crippen MR) is 102 cm³/mol. The Bertz CT molecular complexity index is 1070. The molecule has 0 amide bonds. The molecule has 0 saturated carbocycles. The van der Waals surface area contributed by atoms with Crippen molar-refractivity contribution >= 4 is 17.7 Å². The largest absolute Gasteiger partial charge is 0.458 e. The van der Waals surface area contributed by atoms with E-state index < -0.39 is 10.9 Å². The number of hydrogen-bond donors (Lipinski definition) is 0. The normalized spacial score (nSPS) is 12.3. The van der Waals surface area contributed by atoms with Gasteiger partial charge in [0.25, 0.3) is 5.69 Å². The lowest BCUT2D eigenvalue weighted by atomic mass is 10.1. The SMILES string of the molecule is O=C(/C=C/c1cc2c(cc1[N+](=O)[O-])OCO2)OCc1ccc(-n2cccn2)cc1. The number of carbonyl (C=O) groups excluding carboxylic acids is 1. The second-order valence-electron chi connectivity index (χ2n) is 6.08. The van der Waals surface area contributed by atoms with Gasteiger partial charge in [0.05, 0.1) is 22.2 Å². The molecule has 0 fully saturated rings. The van der Waals surface area contributed by atoms with Crippen LogP contribution in [0.5, 0.6) is 11.5 Å². The Labute approximate surface area is 164 Å². The first-order valence-corrected chi connectivity index (χ1v) is 8.62. The lowest BCUT2D eigenvalue weighted by Crippen LogP contribution is -2.01.